The Morgan fingerprint density at radius 1 is 1.56 bits per heavy atom. The van der Waals surface area contributed by atoms with E-state index in [-0.39, 0.29) is 6.10 Å². The molecule has 0 saturated carbocycles. The highest BCUT2D eigenvalue weighted by Crippen LogP contribution is 2.26. The lowest BCUT2D eigenvalue weighted by Gasteiger charge is -2.37. The highest BCUT2D eigenvalue weighted by Gasteiger charge is 2.26. The topological polar surface area (TPSA) is 25.4 Å². The number of ether oxygens (including phenoxy) is 1. The van der Waals surface area contributed by atoms with Crippen LogP contribution in [0.5, 0.6) is 0 Å². The summed E-state index contributed by atoms with van der Waals surface area (Å²) in [5.41, 5.74) is 0.927. The number of anilines is 1. The number of methoxy groups -OCH3 is 1. The van der Waals surface area contributed by atoms with Crippen LogP contribution in [0.25, 0.3) is 0 Å². The van der Waals surface area contributed by atoms with E-state index in [1.807, 2.05) is 6.07 Å². The van der Waals surface area contributed by atoms with Crippen LogP contribution in [0, 0.1) is 5.92 Å². The highest BCUT2D eigenvalue weighted by atomic mass is 35.5. The first-order valence-electron chi connectivity index (χ1n) is 6.13. The first-order chi connectivity index (χ1) is 8.65. The molecule has 2 heterocycles. The Balaban J connectivity index is 2.16. The van der Waals surface area contributed by atoms with Gasteiger partial charge in [0.05, 0.1) is 11.1 Å². The summed E-state index contributed by atoms with van der Waals surface area (Å²) in [6.45, 7) is 4.09. The highest BCUT2D eigenvalue weighted by molar-refractivity contribution is 6.32. The molecule has 1 aromatic rings. The summed E-state index contributed by atoms with van der Waals surface area (Å²) < 4.78 is 5.51. The molecule has 2 rings (SSSR count). The van der Waals surface area contributed by atoms with Crippen LogP contribution >= 0.6 is 23.2 Å². The molecule has 2 unspecified atom stereocenters. The molecule has 0 radical (unpaired) electrons. The molecular weight excluding hydrogens is 271 g/mol. The molecule has 0 amide bonds. The molecule has 0 aliphatic carbocycles. The van der Waals surface area contributed by atoms with Crippen LogP contribution in [0.3, 0.4) is 0 Å². The number of aromatic nitrogens is 1. The maximum absolute atomic E-state index is 6.02. The summed E-state index contributed by atoms with van der Waals surface area (Å²) in [5, 5.41) is 0.627. The lowest BCUT2D eigenvalue weighted by atomic mass is 9.96. The fraction of sp³-hybridized carbons (Fsp3) is 0.615. The minimum Gasteiger partial charge on any atom is -0.379 e. The number of halogens is 2. The van der Waals surface area contributed by atoms with Crippen molar-refractivity contribution in [2.75, 3.05) is 25.1 Å². The third kappa shape index (κ3) is 2.90. The standard InChI is InChI=1S/C13H18Cl2N2O/c1-9-3-4-17(8-12(9)18-2)13-5-10(6-14)11(15)7-16-13/h5,7,9,12H,3-4,6,8H2,1-2H3. The predicted molar refractivity (Wildman–Crippen MR) is 75.6 cm³/mol. The Morgan fingerprint density at radius 2 is 2.33 bits per heavy atom. The van der Waals surface area contributed by atoms with Crippen LogP contribution in [-0.2, 0) is 10.6 Å². The van der Waals surface area contributed by atoms with Gasteiger partial charge < -0.3 is 9.64 Å². The summed E-state index contributed by atoms with van der Waals surface area (Å²) in [5.74, 6) is 1.93. The van der Waals surface area contributed by atoms with Gasteiger partial charge in [-0.05, 0) is 24.0 Å². The molecule has 1 aliphatic rings. The van der Waals surface area contributed by atoms with E-state index in [0.29, 0.717) is 16.8 Å². The number of nitrogens with zero attached hydrogens (tertiary/aromatic N) is 2. The van der Waals surface area contributed by atoms with Gasteiger partial charge in [0.15, 0.2) is 0 Å². The van der Waals surface area contributed by atoms with Gasteiger partial charge in [0.1, 0.15) is 5.82 Å². The third-order valence-electron chi connectivity index (χ3n) is 3.58. The largest absolute Gasteiger partial charge is 0.379 e. The Kier molecular flexibility index (Phi) is 4.71. The Morgan fingerprint density at radius 3 is 3.00 bits per heavy atom. The second-order valence-electron chi connectivity index (χ2n) is 4.75. The van der Waals surface area contributed by atoms with Gasteiger partial charge in [-0.3, -0.25) is 0 Å². The van der Waals surface area contributed by atoms with Gasteiger partial charge in [-0.2, -0.15) is 0 Å². The minimum atomic E-state index is 0.260. The van der Waals surface area contributed by atoms with Crippen LogP contribution in [0.4, 0.5) is 5.82 Å². The zero-order valence-corrected chi connectivity index (χ0v) is 12.2. The third-order valence-corrected chi connectivity index (χ3v) is 4.21. The van der Waals surface area contributed by atoms with Crippen LogP contribution < -0.4 is 4.90 Å². The van der Waals surface area contributed by atoms with E-state index in [1.54, 1.807) is 13.3 Å². The van der Waals surface area contributed by atoms with Gasteiger partial charge in [-0.25, -0.2) is 4.98 Å². The number of hydrogen-bond acceptors (Lipinski definition) is 3. The zero-order chi connectivity index (χ0) is 13.1. The number of pyridine rings is 1. The molecule has 1 aliphatic heterocycles. The van der Waals surface area contributed by atoms with Crippen molar-refractivity contribution in [1.82, 2.24) is 4.98 Å². The second kappa shape index (κ2) is 6.09. The van der Waals surface area contributed by atoms with Crippen LogP contribution in [0.15, 0.2) is 12.3 Å². The van der Waals surface area contributed by atoms with E-state index in [1.165, 1.54) is 0 Å². The summed E-state index contributed by atoms with van der Waals surface area (Å²) in [6.07, 6.45) is 3.05. The van der Waals surface area contributed by atoms with Crippen molar-refractivity contribution in [2.24, 2.45) is 5.92 Å². The monoisotopic (exact) mass is 288 g/mol. The van der Waals surface area contributed by atoms with E-state index in [4.69, 9.17) is 27.9 Å². The van der Waals surface area contributed by atoms with E-state index >= 15 is 0 Å². The number of rotatable bonds is 3. The zero-order valence-electron chi connectivity index (χ0n) is 10.7. The van der Waals surface area contributed by atoms with E-state index in [0.717, 1.165) is 30.9 Å². The lowest BCUT2D eigenvalue weighted by Crippen LogP contribution is -2.44. The molecule has 0 spiro atoms. The molecule has 1 saturated heterocycles. The fourth-order valence-corrected chi connectivity index (χ4v) is 2.75. The molecule has 0 aromatic carbocycles. The molecule has 18 heavy (non-hydrogen) atoms. The average Bonchev–Trinajstić information content (AvgIpc) is 2.40. The first-order valence-corrected chi connectivity index (χ1v) is 7.05. The van der Waals surface area contributed by atoms with Crippen molar-refractivity contribution in [3.63, 3.8) is 0 Å². The van der Waals surface area contributed by atoms with Crippen molar-refractivity contribution in [3.8, 4) is 0 Å². The molecule has 0 bridgehead atoms. The van der Waals surface area contributed by atoms with Gasteiger partial charge in [0.2, 0.25) is 0 Å². The van der Waals surface area contributed by atoms with E-state index in [9.17, 15) is 0 Å². The molecule has 1 aromatic heterocycles. The quantitative estimate of drug-likeness (QED) is 0.798. The molecule has 2 atom stereocenters. The minimum absolute atomic E-state index is 0.260. The Labute approximate surface area is 118 Å². The van der Waals surface area contributed by atoms with Gasteiger partial charge >= 0.3 is 0 Å². The fourth-order valence-electron chi connectivity index (χ4n) is 2.29. The predicted octanol–water partition coefficient (Wildman–Crippen LogP) is 3.34. The van der Waals surface area contributed by atoms with Crippen molar-refractivity contribution >= 4 is 29.0 Å². The summed E-state index contributed by atoms with van der Waals surface area (Å²) in [6, 6.07) is 1.97. The normalized spacial score (nSPS) is 24.3. The van der Waals surface area contributed by atoms with E-state index < -0.39 is 0 Å². The summed E-state index contributed by atoms with van der Waals surface area (Å²) in [4.78, 5) is 6.62. The van der Waals surface area contributed by atoms with Crippen molar-refractivity contribution in [2.45, 2.75) is 25.3 Å². The Bertz CT molecular complexity index is 414. The number of alkyl halides is 1. The smallest absolute Gasteiger partial charge is 0.128 e. The van der Waals surface area contributed by atoms with Crippen molar-refractivity contribution < 1.29 is 4.74 Å². The van der Waals surface area contributed by atoms with Crippen molar-refractivity contribution in [1.29, 1.82) is 0 Å². The second-order valence-corrected chi connectivity index (χ2v) is 5.43. The molecular formula is C13H18Cl2N2O. The average molecular weight is 289 g/mol. The maximum atomic E-state index is 6.02. The molecule has 5 heteroatoms. The van der Waals surface area contributed by atoms with Crippen LogP contribution in [0.2, 0.25) is 5.02 Å². The van der Waals surface area contributed by atoms with Crippen molar-refractivity contribution in [3.05, 3.63) is 22.8 Å². The van der Waals surface area contributed by atoms with Gasteiger partial charge in [-0.1, -0.05) is 18.5 Å². The molecule has 1 fully saturated rings. The molecule has 100 valence electrons. The summed E-state index contributed by atoms with van der Waals surface area (Å²) in [7, 11) is 1.77. The molecule has 3 nitrogen and oxygen atoms in total. The maximum Gasteiger partial charge on any atom is 0.128 e. The molecule has 0 N–H and O–H groups in total. The van der Waals surface area contributed by atoms with Crippen LogP contribution in [-0.4, -0.2) is 31.3 Å². The summed E-state index contributed by atoms with van der Waals surface area (Å²) >= 11 is 11.9. The van der Waals surface area contributed by atoms with Crippen LogP contribution in [0.1, 0.15) is 18.9 Å². The number of hydrogen-bond donors (Lipinski definition) is 0. The SMILES string of the molecule is COC1CN(c2cc(CCl)c(Cl)cn2)CCC1C. The Hall–Kier alpha value is -0.510. The van der Waals surface area contributed by atoms with E-state index in [2.05, 4.69) is 16.8 Å². The van der Waals surface area contributed by atoms with Gasteiger partial charge in [0.25, 0.3) is 0 Å². The van der Waals surface area contributed by atoms with Gasteiger partial charge in [-0.15, -0.1) is 11.6 Å². The number of piperidine rings is 1. The first kappa shape index (κ1) is 13.9. The lowest BCUT2D eigenvalue weighted by molar-refractivity contribution is 0.0496. The van der Waals surface area contributed by atoms with Gasteiger partial charge in [0, 0.05) is 32.3 Å².